The molecule has 0 heterocycles. The van der Waals surface area contributed by atoms with Crippen molar-refractivity contribution in [1.82, 2.24) is 0 Å². The first-order valence-electron chi connectivity index (χ1n) is 30.3. The summed E-state index contributed by atoms with van der Waals surface area (Å²) in [5, 5.41) is 0. The number of carbonyl (C=O) groups excluding carboxylic acids is 3. The number of allylic oxidation sites excluding steroid dienone is 10. The number of rotatable bonds is 55. The average molecular weight is 980 g/mol. The van der Waals surface area contributed by atoms with E-state index < -0.39 is 6.10 Å². The zero-order valence-corrected chi connectivity index (χ0v) is 46.5. The average Bonchev–Trinajstić information content (AvgIpc) is 3.36. The minimum absolute atomic E-state index is 0.0805. The van der Waals surface area contributed by atoms with Gasteiger partial charge >= 0.3 is 17.9 Å². The fourth-order valence-corrected chi connectivity index (χ4v) is 8.77. The van der Waals surface area contributed by atoms with Gasteiger partial charge in [-0.05, 0) is 64.2 Å². The molecule has 0 bridgehead atoms. The minimum atomic E-state index is -0.785. The largest absolute Gasteiger partial charge is 0.462 e. The van der Waals surface area contributed by atoms with E-state index in [1.54, 1.807) is 0 Å². The molecule has 0 aliphatic heterocycles. The molecule has 70 heavy (non-hydrogen) atoms. The number of unbranched alkanes of at least 4 members (excludes halogenated alkanes) is 34. The molecule has 0 aromatic carbocycles. The molecule has 406 valence electrons. The molecule has 1 unspecified atom stereocenters. The standard InChI is InChI=1S/C64H114O6/c1-4-7-10-13-16-19-22-25-28-30-32-34-36-39-42-45-48-51-54-57-63(66)69-60-61(59-68-62(65)56-53-50-47-44-41-38-27-24-21-18-15-12-9-6-3)70-64(67)58-55-52-49-46-43-40-37-35-33-31-29-26-23-20-17-14-11-8-5-2/h7,10,16,19,25,28,32,34,39,42,61H,4-6,8-9,11-15,17-18,20-24,26-27,29-31,33,35-38,40-41,43-60H2,1-3H3/b10-7-,19-16-,28-25-,34-32-,42-39-. The molecule has 0 fully saturated rings. The van der Waals surface area contributed by atoms with E-state index in [-0.39, 0.29) is 31.1 Å². The van der Waals surface area contributed by atoms with E-state index in [4.69, 9.17) is 14.2 Å². The summed E-state index contributed by atoms with van der Waals surface area (Å²) in [5.41, 5.74) is 0. The molecule has 6 nitrogen and oxygen atoms in total. The maximum absolute atomic E-state index is 12.9. The van der Waals surface area contributed by atoms with Crippen molar-refractivity contribution >= 4 is 17.9 Å². The predicted molar refractivity (Wildman–Crippen MR) is 302 cm³/mol. The Labute approximate surface area is 434 Å². The normalized spacial score (nSPS) is 12.4. The monoisotopic (exact) mass is 979 g/mol. The van der Waals surface area contributed by atoms with Crippen LogP contribution in [0.25, 0.3) is 0 Å². The van der Waals surface area contributed by atoms with Gasteiger partial charge in [-0.3, -0.25) is 14.4 Å². The molecule has 0 aromatic rings. The van der Waals surface area contributed by atoms with Crippen molar-refractivity contribution in [3.8, 4) is 0 Å². The van der Waals surface area contributed by atoms with Crippen LogP contribution in [0.15, 0.2) is 60.8 Å². The first kappa shape index (κ1) is 67.1. The Hall–Kier alpha value is -2.89. The number of hydrogen-bond donors (Lipinski definition) is 0. The Balaban J connectivity index is 4.39. The lowest BCUT2D eigenvalue weighted by atomic mass is 10.0. The van der Waals surface area contributed by atoms with Crippen LogP contribution < -0.4 is 0 Å². The predicted octanol–water partition coefficient (Wildman–Crippen LogP) is 20.4. The highest BCUT2D eigenvalue weighted by molar-refractivity contribution is 5.71. The molecule has 0 amide bonds. The van der Waals surface area contributed by atoms with E-state index in [1.165, 1.54) is 173 Å². The Morgan fingerprint density at radius 1 is 0.300 bits per heavy atom. The van der Waals surface area contributed by atoms with Crippen molar-refractivity contribution in [3.63, 3.8) is 0 Å². The molecule has 0 aliphatic rings. The maximum atomic E-state index is 12.9. The number of esters is 3. The first-order valence-corrected chi connectivity index (χ1v) is 30.3. The Morgan fingerprint density at radius 3 is 0.871 bits per heavy atom. The molecule has 0 radical (unpaired) electrons. The molecule has 0 saturated carbocycles. The van der Waals surface area contributed by atoms with E-state index in [0.717, 1.165) is 96.3 Å². The van der Waals surface area contributed by atoms with Gasteiger partial charge in [-0.25, -0.2) is 0 Å². The number of hydrogen-bond acceptors (Lipinski definition) is 6. The smallest absolute Gasteiger partial charge is 0.306 e. The minimum Gasteiger partial charge on any atom is -0.462 e. The van der Waals surface area contributed by atoms with Gasteiger partial charge in [-0.2, -0.15) is 0 Å². The van der Waals surface area contributed by atoms with Gasteiger partial charge in [0.15, 0.2) is 6.10 Å². The summed E-state index contributed by atoms with van der Waals surface area (Å²) in [6.45, 7) is 6.54. The third-order valence-electron chi connectivity index (χ3n) is 13.3. The molecule has 0 saturated heterocycles. The molecule has 0 rings (SSSR count). The molecular weight excluding hydrogens is 865 g/mol. The molecule has 0 aromatic heterocycles. The quantitative estimate of drug-likeness (QED) is 0.0261. The molecular formula is C64H114O6. The van der Waals surface area contributed by atoms with Gasteiger partial charge in [-0.15, -0.1) is 0 Å². The Kier molecular flexibility index (Phi) is 56.3. The molecule has 0 aliphatic carbocycles. The van der Waals surface area contributed by atoms with Crippen LogP contribution in [-0.2, 0) is 28.6 Å². The fourth-order valence-electron chi connectivity index (χ4n) is 8.77. The van der Waals surface area contributed by atoms with Gasteiger partial charge in [-0.1, -0.05) is 287 Å². The van der Waals surface area contributed by atoms with E-state index in [0.29, 0.717) is 19.3 Å². The summed E-state index contributed by atoms with van der Waals surface area (Å²) in [7, 11) is 0. The lowest BCUT2D eigenvalue weighted by Gasteiger charge is -2.18. The van der Waals surface area contributed by atoms with Crippen LogP contribution in [-0.4, -0.2) is 37.2 Å². The van der Waals surface area contributed by atoms with Crippen molar-refractivity contribution < 1.29 is 28.6 Å². The summed E-state index contributed by atoms with van der Waals surface area (Å²) < 4.78 is 16.9. The summed E-state index contributed by atoms with van der Waals surface area (Å²) in [4.78, 5) is 38.2. The summed E-state index contributed by atoms with van der Waals surface area (Å²) in [6.07, 6.45) is 73.6. The van der Waals surface area contributed by atoms with Crippen molar-refractivity contribution in [2.24, 2.45) is 0 Å². The van der Waals surface area contributed by atoms with Crippen molar-refractivity contribution in [2.75, 3.05) is 13.2 Å². The van der Waals surface area contributed by atoms with Crippen molar-refractivity contribution in [3.05, 3.63) is 60.8 Å². The van der Waals surface area contributed by atoms with Crippen LogP contribution in [0.4, 0.5) is 0 Å². The van der Waals surface area contributed by atoms with Crippen LogP contribution >= 0.6 is 0 Å². The first-order chi connectivity index (χ1) is 34.5. The Morgan fingerprint density at radius 2 is 0.557 bits per heavy atom. The molecule has 0 spiro atoms. The van der Waals surface area contributed by atoms with Crippen LogP contribution in [0.2, 0.25) is 0 Å². The zero-order chi connectivity index (χ0) is 50.7. The lowest BCUT2D eigenvalue weighted by molar-refractivity contribution is -0.167. The maximum Gasteiger partial charge on any atom is 0.306 e. The van der Waals surface area contributed by atoms with E-state index in [1.807, 2.05) is 0 Å². The molecule has 1 atom stereocenters. The molecule has 6 heteroatoms. The lowest BCUT2D eigenvalue weighted by Crippen LogP contribution is -2.30. The van der Waals surface area contributed by atoms with Crippen LogP contribution in [0.1, 0.15) is 310 Å². The number of ether oxygens (including phenoxy) is 3. The second-order valence-corrected chi connectivity index (χ2v) is 20.2. The molecule has 0 N–H and O–H groups in total. The SMILES string of the molecule is CC/C=C\C/C=C\C/C=C\C/C=C\C/C=C\CCCCCC(=O)OCC(COC(=O)CCCCCCCCCCCCCCCC)OC(=O)CCCCCCCCCCCCCCCCCCCCC. The highest BCUT2D eigenvalue weighted by Crippen LogP contribution is 2.17. The van der Waals surface area contributed by atoms with Crippen molar-refractivity contribution in [1.29, 1.82) is 0 Å². The van der Waals surface area contributed by atoms with E-state index in [2.05, 4.69) is 81.5 Å². The summed E-state index contributed by atoms with van der Waals surface area (Å²) >= 11 is 0. The second-order valence-electron chi connectivity index (χ2n) is 20.2. The van der Waals surface area contributed by atoms with Gasteiger partial charge in [0.1, 0.15) is 13.2 Å². The van der Waals surface area contributed by atoms with Gasteiger partial charge in [0, 0.05) is 19.3 Å². The van der Waals surface area contributed by atoms with Gasteiger partial charge in [0.2, 0.25) is 0 Å². The third kappa shape index (κ3) is 56.0. The van der Waals surface area contributed by atoms with E-state index >= 15 is 0 Å². The van der Waals surface area contributed by atoms with E-state index in [9.17, 15) is 14.4 Å². The van der Waals surface area contributed by atoms with Crippen LogP contribution in [0, 0.1) is 0 Å². The number of carbonyl (C=O) groups is 3. The second kappa shape index (κ2) is 58.7. The van der Waals surface area contributed by atoms with Gasteiger partial charge in [0.25, 0.3) is 0 Å². The summed E-state index contributed by atoms with van der Waals surface area (Å²) in [6, 6.07) is 0. The highest BCUT2D eigenvalue weighted by atomic mass is 16.6. The van der Waals surface area contributed by atoms with Crippen molar-refractivity contribution in [2.45, 2.75) is 316 Å². The highest BCUT2D eigenvalue weighted by Gasteiger charge is 2.19. The van der Waals surface area contributed by atoms with Gasteiger partial charge < -0.3 is 14.2 Å². The zero-order valence-electron chi connectivity index (χ0n) is 46.5. The third-order valence-corrected chi connectivity index (χ3v) is 13.3. The Bertz CT molecular complexity index is 1260. The van der Waals surface area contributed by atoms with Crippen LogP contribution in [0.3, 0.4) is 0 Å². The summed E-state index contributed by atoms with van der Waals surface area (Å²) in [5.74, 6) is -0.896. The van der Waals surface area contributed by atoms with Gasteiger partial charge in [0.05, 0.1) is 0 Å². The topological polar surface area (TPSA) is 78.9 Å². The fraction of sp³-hybridized carbons (Fsp3) is 0.797. The van der Waals surface area contributed by atoms with Crippen LogP contribution in [0.5, 0.6) is 0 Å².